The molecule has 1 aromatic carbocycles. The summed E-state index contributed by atoms with van der Waals surface area (Å²) in [6.07, 6.45) is 2.76. The number of anilines is 1. The molecule has 27 heavy (non-hydrogen) atoms. The molecule has 1 atom stereocenters. The maximum absolute atomic E-state index is 12.9. The lowest BCUT2D eigenvalue weighted by Gasteiger charge is -2.26. The predicted octanol–water partition coefficient (Wildman–Crippen LogP) is 1.79. The number of carbonyl (C=O) groups excluding carboxylic acids is 2. The average Bonchev–Trinajstić information content (AvgIpc) is 2.93. The number of fused-ring (bicyclic) bond motifs is 1. The van der Waals surface area contributed by atoms with Gasteiger partial charge in [-0.2, -0.15) is 0 Å². The van der Waals surface area contributed by atoms with Gasteiger partial charge in [-0.05, 0) is 36.6 Å². The first-order valence-electron chi connectivity index (χ1n) is 8.55. The van der Waals surface area contributed by atoms with Gasteiger partial charge < -0.3 is 10.2 Å². The quantitative estimate of drug-likeness (QED) is 0.815. The van der Waals surface area contributed by atoms with Gasteiger partial charge in [0.15, 0.2) is 0 Å². The van der Waals surface area contributed by atoms with Crippen LogP contribution in [0.15, 0.2) is 42.6 Å². The summed E-state index contributed by atoms with van der Waals surface area (Å²) in [4.78, 5) is 31.2. The molecule has 1 aromatic heterocycles. The molecule has 142 valence electrons. The number of hydrogen-bond acceptors (Lipinski definition) is 5. The highest BCUT2D eigenvalue weighted by atomic mass is 32.2. The van der Waals surface area contributed by atoms with Crippen LogP contribution < -0.4 is 5.32 Å². The van der Waals surface area contributed by atoms with Crippen LogP contribution in [0.2, 0.25) is 0 Å². The first-order chi connectivity index (χ1) is 12.7. The Morgan fingerprint density at radius 2 is 2.00 bits per heavy atom. The third kappa shape index (κ3) is 4.51. The number of aromatic nitrogens is 1. The van der Waals surface area contributed by atoms with E-state index in [9.17, 15) is 18.0 Å². The van der Waals surface area contributed by atoms with Gasteiger partial charge in [-0.3, -0.25) is 9.59 Å². The lowest BCUT2D eigenvalue weighted by atomic mass is 10.1. The molecule has 7 nitrogen and oxygen atoms in total. The second-order valence-electron chi connectivity index (χ2n) is 6.73. The van der Waals surface area contributed by atoms with Gasteiger partial charge in [0.1, 0.15) is 21.7 Å². The van der Waals surface area contributed by atoms with E-state index >= 15 is 0 Å². The van der Waals surface area contributed by atoms with E-state index in [0.717, 1.165) is 17.4 Å². The summed E-state index contributed by atoms with van der Waals surface area (Å²) in [5.41, 5.74) is 2.32. The van der Waals surface area contributed by atoms with Crippen molar-refractivity contribution in [3.8, 4) is 0 Å². The van der Waals surface area contributed by atoms with Gasteiger partial charge in [0.05, 0.1) is 5.75 Å². The molecule has 2 amide bonds. The molecule has 2 heterocycles. The third-order valence-electron chi connectivity index (χ3n) is 4.45. The minimum atomic E-state index is -3.28. The zero-order valence-corrected chi connectivity index (χ0v) is 16.0. The number of amides is 2. The molecule has 2 aromatic rings. The summed E-state index contributed by atoms with van der Waals surface area (Å²) in [6, 6.07) is 9.72. The Hall–Kier alpha value is -2.74. The minimum Gasteiger partial charge on any atom is -0.322 e. The van der Waals surface area contributed by atoms with Crippen LogP contribution in [0, 0.1) is 6.92 Å². The largest absolute Gasteiger partial charge is 0.322 e. The predicted molar refractivity (Wildman–Crippen MR) is 102 cm³/mol. The first kappa shape index (κ1) is 19.0. The van der Waals surface area contributed by atoms with Gasteiger partial charge >= 0.3 is 0 Å². The summed E-state index contributed by atoms with van der Waals surface area (Å²) < 4.78 is 23.2. The Bertz CT molecular complexity index is 971. The molecule has 0 radical (unpaired) electrons. The van der Waals surface area contributed by atoms with E-state index in [1.807, 2.05) is 25.1 Å². The van der Waals surface area contributed by atoms with Crippen molar-refractivity contribution in [1.29, 1.82) is 0 Å². The number of carbonyl (C=O) groups is 2. The van der Waals surface area contributed by atoms with Crippen LogP contribution >= 0.6 is 0 Å². The molecule has 1 N–H and O–H groups in total. The molecule has 3 rings (SSSR count). The van der Waals surface area contributed by atoms with Crippen LogP contribution in [0.4, 0.5) is 5.82 Å². The van der Waals surface area contributed by atoms with Crippen molar-refractivity contribution in [3.63, 3.8) is 0 Å². The molecule has 0 saturated carbocycles. The Kier molecular flexibility index (Phi) is 5.27. The van der Waals surface area contributed by atoms with Gasteiger partial charge in [0.2, 0.25) is 5.91 Å². The molecule has 0 spiro atoms. The second-order valence-corrected chi connectivity index (χ2v) is 8.99. The fourth-order valence-corrected chi connectivity index (χ4v) is 3.69. The van der Waals surface area contributed by atoms with Crippen molar-refractivity contribution < 1.29 is 18.0 Å². The van der Waals surface area contributed by atoms with Crippen molar-refractivity contribution in [3.05, 3.63) is 59.3 Å². The van der Waals surface area contributed by atoms with Crippen molar-refractivity contribution in [2.75, 3.05) is 17.3 Å². The highest BCUT2D eigenvalue weighted by molar-refractivity contribution is 7.90. The Labute approximate surface area is 158 Å². The van der Waals surface area contributed by atoms with E-state index < -0.39 is 21.8 Å². The van der Waals surface area contributed by atoms with E-state index in [1.165, 1.54) is 4.90 Å². The van der Waals surface area contributed by atoms with Gasteiger partial charge in [-0.15, -0.1) is 0 Å². The summed E-state index contributed by atoms with van der Waals surface area (Å²) in [5, 5.41) is 2.69. The number of sulfone groups is 1. The molecule has 0 unspecified atom stereocenters. The summed E-state index contributed by atoms with van der Waals surface area (Å²) in [7, 11) is -3.28. The van der Waals surface area contributed by atoms with Gasteiger partial charge in [-0.25, -0.2) is 13.4 Å². The number of aryl methyl sites for hydroxylation is 1. The maximum atomic E-state index is 12.9. The van der Waals surface area contributed by atoms with E-state index in [1.54, 1.807) is 24.4 Å². The van der Waals surface area contributed by atoms with Crippen molar-refractivity contribution in [2.24, 2.45) is 0 Å². The van der Waals surface area contributed by atoms with Gasteiger partial charge in [0.25, 0.3) is 5.91 Å². The van der Waals surface area contributed by atoms with Crippen LogP contribution in [0.5, 0.6) is 0 Å². The normalized spacial score (nSPS) is 14.7. The first-order valence-corrected chi connectivity index (χ1v) is 10.6. The Balaban J connectivity index is 1.84. The molecule has 1 aliphatic heterocycles. The fourth-order valence-electron chi connectivity index (χ4n) is 3.03. The van der Waals surface area contributed by atoms with Crippen LogP contribution in [0.25, 0.3) is 0 Å². The fraction of sp³-hybridized carbons (Fsp3) is 0.316. The SMILES string of the molecule is Cc1ccc(NC(=O)[C@@H](CCS(C)(=O)=O)N2Cc3ccccc3C2=O)nc1. The molecular formula is C19H21N3O4S. The number of pyridine rings is 1. The molecular weight excluding hydrogens is 366 g/mol. The lowest BCUT2D eigenvalue weighted by molar-refractivity contribution is -0.120. The van der Waals surface area contributed by atoms with Gasteiger partial charge in [-0.1, -0.05) is 24.3 Å². The number of nitrogens with one attached hydrogen (secondary N) is 1. The number of rotatable bonds is 6. The molecule has 0 saturated heterocycles. The highest BCUT2D eigenvalue weighted by Gasteiger charge is 2.36. The zero-order valence-electron chi connectivity index (χ0n) is 15.2. The number of nitrogens with zero attached hydrogens (tertiary/aromatic N) is 2. The number of benzene rings is 1. The number of hydrogen-bond donors (Lipinski definition) is 1. The standard InChI is InChI=1S/C19H21N3O4S/c1-13-7-8-17(20-11-13)21-18(23)16(9-10-27(2,25)26)22-12-14-5-3-4-6-15(14)19(22)24/h3-8,11,16H,9-10,12H2,1-2H3,(H,20,21,23)/t16-/m1/s1. The van der Waals surface area contributed by atoms with Crippen LogP contribution in [0.3, 0.4) is 0 Å². The van der Waals surface area contributed by atoms with Crippen molar-refractivity contribution >= 4 is 27.5 Å². The zero-order chi connectivity index (χ0) is 19.6. The molecule has 1 aliphatic rings. The summed E-state index contributed by atoms with van der Waals surface area (Å²) in [5.74, 6) is -0.543. The Morgan fingerprint density at radius 1 is 1.26 bits per heavy atom. The summed E-state index contributed by atoms with van der Waals surface area (Å²) >= 11 is 0. The lowest BCUT2D eigenvalue weighted by Crippen LogP contribution is -2.45. The maximum Gasteiger partial charge on any atom is 0.255 e. The van der Waals surface area contributed by atoms with E-state index in [4.69, 9.17) is 0 Å². The van der Waals surface area contributed by atoms with Crippen LogP contribution in [0.1, 0.15) is 27.9 Å². The van der Waals surface area contributed by atoms with E-state index in [2.05, 4.69) is 10.3 Å². The topological polar surface area (TPSA) is 96.4 Å². The van der Waals surface area contributed by atoms with Gasteiger partial charge in [0, 0.05) is 24.6 Å². The second kappa shape index (κ2) is 7.48. The molecule has 0 bridgehead atoms. The monoisotopic (exact) mass is 387 g/mol. The minimum absolute atomic E-state index is 0.0241. The Morgan fingerprint density at radius 3 is 2.63 bits per heavy atom. The van der Waals surface area contributed by atoms with E-state index in [0.29, 0.717) is 11.4 Å². The van der Waals surface area contributed by atoms with Crippen molar-refractivity contribution in [1.82, 2.24) is 9.88 Å². The van der Waals surface area contributed by atoms with Crippen molar-refractivity contribution in [2.45, 2.75) is 25.9 Å². The third-order valence-corrected chi connectivity index (χ3v) is 5.43. The highest BCUT2D eigenvalue weighted by Crippen LogP contribution is 2.26. The molecule has 8 heteroatoms. The molecule has 0 fully saturated rings. The van der Waals surface area contributed by atoms with Crippen LogP contribution in [-0.2, 0) is 21.2 Å². The smallest absolute Gasteiger partial charge is 0.255 e. The van der Waals surface area contributed by atoms with E-state index in [-0.39, 0.29) is 24.6 Å². The van der Waals surface area contributed by atoms with Crippen LogP contribution in [-0.4, -0.2) is 48.2 Å². The summed E-state index contributed by atoms with van der Waals surface area (Å²) in [6.45, 7) is 2.16. The molecule has 0 aliphatic carbocycles. The average molecular weight is 387 g/mol.